The topological polar surface area (TPSA) is 92.3 Å². The standard InChI is InChI=1S/C12H17F9N2O4S2/c13-9(14,11(17,18)19)10(15,16)12(20,21)29(26,27)23-28(24,25)7-6-22-8-4-2-1-3-5-8/h8,22-23H,1-7H2. The van der Waals surface area contributed by atoms with Crippen molar-refractivity contribution >= 4 is 20.0 Å². The lowest BCUT2D eigenvalue weighted by Crippen LogP contribution is -2.65. The minimum atomic E-state index is -7.50. The van der Waals surface area contributed by atoms with E-state index in [1.54, 1.807) is 0 Å². The molecule has 1 fully saturated rings. The fourth-order valence-electron chi connectivity index (χ4n) is 2.49. The molecule has 174 valence electrons. The quantitative estimate of drug-likeness (QED) is 0.487. The molecule has 1 aliphatic rings. The summed E-state index contributed by atoms with van der Waals surface area (Å²) < 4.78 is 161. The van der Waals surface area contributed by atoms with Crippen LogP contribution in [0.1, 0.15) is 32.1 Å². The lowest BCUT2D eigenvalue weighted by atomic mass is 9.96. The number of nitrogens with one attached hydrogen (secondary N) is 2. The van der Waals surface area contributed by atoms with Crippen LogP contribution in [-0.2, 0) is 20.0 Å². The van der Waals surface area contributed by atoms with Crippen LogP contribution in [0.4, 0.5) is 39.5 Å². The number of sulfonamides is 2. The van der Waals surface area contributed by atoms with Gasteiger partial charge in [0.1, 0.15) is 0 Å². The van der Waals surface area contributed by atoms with Gasteiger partial charge in [-0.15, -0.1) is 4.13 Å². The van der Waals surface area contributed by atoms with E-state index in [1.807, 2.05) is 0 Å². The molecule has 0 spiro atoms. The molecule has 0 heterocycles. The van der Waals surface area contributed by atoms with E-state index in [0.29, 0.717) is 12.8 Å². The van der Waals surface area contributed by atoms with Gasteiger partial charge in [0, 0.05) is 12.6 Å². The van der Waals surface area contributed by atoms with Gasteiger partial charge in [0.15, 0.2) is 0 Å². The molecule has 0 bridgehead atoms. The number of hydrogen-bond donors (Lipinski definition) is 2. The van der Waals surface area contributed by atoms with Gasteiger partial charge < -0.3 is 5.32 Å². The summed E-state index contributed by atoms with van der Waals surface area (Å²) in [6.07, 6.45) is -3.40. The zero-order valence-electron chi connectivity index (χ0n) is 14.4. The van der Waals surface area contributed by atoms with Gasteiger partial charge in [0.25, 0.3) is 10.0 Å². The number of rotatable bonds is 9. The predicted octanol–water partition coefficient (Wildman–Crippen LogP) is 2.58. The van der Waals surface area contributed by atoms with Crippen LogP contribution in [0.25, 0.3) is 0 Å². The summed E-state index contributed by atoms with van der Waals surface area (Å²) >= 11 is 0. The van der Waals surface area contributed by atoms with E-state index in [1.165, 1.54) is 0 Å². The zero-order chi connectivity index (χ0) is 22.9. The van der Waals surface area contributed by atoms with Crippen molar-refractivity contribution in [3.05, 3.63) is 0 Å². The van der Waals surface area contributed by atoms with E-state index < -0.39 is 55.6 Å². The molecule has 1 saturated carbocycles. The Bertz CT molecular complexity index is 776. The Morgan fingerprint density at radius 1 is 0.759 bits per heavy atom. The number of halogens is 9. The van der Waals surface area contributed by atoms with Crippen molar-refractivity contribution in [3.63, 3.8) is 0 Å². The summed E-state index contributed by atoms with van der Waals surface area (Å²) in [5, 5.41) is -4.45. The average Bonchev–Trinajstić information content (AvgIpc) is 2.53. The normalized spacial score (nSPS) is 18.8. The Hall–Kier alpha value is -0.810. The van der Waals surface area contributed by atoms with Gasteiger partial charge in [0.2, 0.25) is 10.0 Å². The molecule has 0 amide bonds. The lowest BCUT2D eigenvalue weighted by Gasteiger charge is -2.32. The minimum absolute atomic E-state index is 0.114. The van der Waals surface area contributed by atoms with Crippen LogP contribution in [0.5, 0.6) is 0 Å². The Balaban J connectivity index is 2.95. The van der Waals surface area contributed by atoms with Crippen LogP contribution in [0.3, 0.4) is 0 Å². The molecular weight excluding hydrogens is 471 g/mol. The first-order valence-corrected chi connectivity index (χ1v) is 11.1. The van der Waals surface area contributed by atoms with Crippen LogP contribution in [0.15, 0.2) is 0 Å². The fourth-order valence-corrected chi connectivity index (χ4v) is 5.44. The van der Waals surface area contributed by atoms with Gasteiger partial charge in [0.05, 0.1) is 5.75 Å². The maximum atomic E-state index is 13.5. The van der Waals surface area contributed by atoms with Crippen molar-refractivity contribution < 1.29 is 56.3 Å². The largest absolute Gasteiger partial charge is 0.460 e. The van der Waals surface area contributed by atoms with Crippen molar-refractivity contribution in [2.45, 2.75) is 61.4 Å². The fraction of sp³-hybridized carbons (Fsp3) is 1.00. The second-order valence-corrected chi connectivity index (χ2v) is 10.2. The monoisotopic (exact) mass is 488 g/mol. The second kappa shape index (κ2) is 8.37. The molecule has 0 aliphatic heterocycles. The van der Waals surface area contributed by atoms with E-state index in [-0.39, 0.29) is 10.2 Å². The molecular formula is C12H17F9N2O4S2. The SMILES string of the molecule is O=S(=O)(CCNC1CCCCC1)NS(=O)(=O)C(F)(F)C(F)(F)C(F)(F)C(F)(F)F. The second-order valence-electron chi connectivity index (χ2n) is 6.36. The first-order valence-electron chi connectivity index (χ1n) is 7.98. The molecule has 0 radical (unpaired) electrons. The molecule has 17 heteroatoms. The van der Waals surface area contributed by atoms with Gasteiger partial charge in [-0.1, -0.05) is 19.3 Å². The summed E-state index contributed by atoms with van der Waals surface area (Å²) in [6.45, 7) is -0.504. The highest BCUT2D eigenvalue weighted by Crippen LogP contribution is 2.54. The van der Waals surface area contributed by atoms with E-state index in [0.717, 1.165) is 19.3 Å². The molecule has 0 aromatic rings. The predicted molar refractivity (Wildman–Crippen MR) is 81.6 cm³/mol. The Morgan fingerprint density at radius 2 is 1.24 bits per heavy atom. The maximum absolute atomic E-state index is 13.5. The van der Waals surface area contributed by atoms with Crippen LogP contribution in [0, 0.1) is 0 Å². The molecule has 29 heavy (non-hydrogen) atoms. The van der Waals surface area contributed by atoms with Crippen LogP contribution in [0.2, 0.25) is 0 Å². The van der Waals surface area contributed by atoms with Gasteiger partial charge in [-0.2, -0.15) is 39.5 Å². The summed E-state index contributed by atoms with van der Waals surface area (Å²) in [5.74, 6) is -16.2. The first kappa shape index (κ1) is 26.2. The van der Waals surface area contributed by atoms with Crippen molar-refractivity contribution in [1.29, 1.82) is 0 Å². The summed E-state index contributed by atoms with van der Waals surface area (Å²) in [5.41, 5.74) is 0. The molecule has 1 rings (SSSR count). The molecule has 6 nitrogen and oxygen atoms in total. The third-order valence-electron chi connectivity index (χ3n) is 4.10. The van der Waals surface area contributed by atoms with Gasteiger partial charge >= 0.3 is 23.3 Å². The van der Waals surface area contributed by atoms with Crippen molar-refractivity contribution in [2.24, 2.45) is 0 Å². The zero-order valence-corrected chi connectivity index (χ0v) is 16.0. The average molecular weight is 488 g/mol. The Kier molecular flexibility index (Phi) is 7.57. The van der Waals surface area contributed by atoms with Gasteiger partial charge in [-0.25, -0.2) is 16.8 Å². The van der Waals surface area contributed by atoms with Gasteiger partial charge in [-0.05, 0) is 12.8 Å². The third-order valence-corrected chi connectivity index (χ3v) is 7.67. The van der Waals surface area contributed by atoms with Gasteiger partial charge in [-0.3, -0.25) is 0 Å². The van der Waals surface area contributed by atoms with Crippen molar-refractivity contribution in [1.82, 2.24) is 9.44 Å². The Labute approximate surface area is 160 Å². The van der Waals surface area contributed by atoms with E-state index in [4.69, 9.17) is 0 Å². The molecule has 0 saturated heterocycles. The first-order chi connectivity index (χ1) is 12.8. The van der Waals surface area contributed by atoms with Crippen LogP contribution in [-0.4, -0.2) is 58.5 Å². The molecule has 0 aromatic heterocycles. The summed E-state index contributed by atoms with van der Waals surface area (Å²) in [7, 11) is -12.5. The summed E-state index contributed by atoms with van der Waals surface area (Å²) in [4.78, 5) is 0. The highest BCUT2D eigenvalue weighted by molar-refractivity contribution is 8.05. The van der Waals surface area contributed by atoms with Crippen LogP contribution < -0.4 is 9.44 Å². The van der Waals surface area contributed by atoms with E-state index in [2.05, 4.69) is 5.32 Å². The van der Waals surface area contributed by atoms with E-state index >= 15 is 0 Å². The van der Waals surface area contributed by atoms with Crippen molar-refractivity contribution in [3.8, 4) is 0 Å². The lowest BCUT2D eigenvalue weighted by molar-refractivity contribution is -0.382. The van der Waals surface area contributed by atoms with Crippen LogP contribution >= 0.6 is 0 Å². The molecule has 0 atom stereocenters. The maximum Gasteiger partial charge on any atom is 0.460 e. The van der Waals surface area contributed by atoms with E-state index in [9.17, 15) is 56.3 Å². The smallest absolute Gasteiger partial charge is 0.313 e. The number of alkyl halides is 9. The molecule has 2 N–H and O–H groups in total. The molecule has 1 aliphatic carbocycles. The molecule has 0 aromatic carbocycles. The molecule has 0 unspecified atom stereocenters. The number of hydrogen-bond acceptors (Lipinski definition) is 5. The highest BCUT2D eigenvalue weighted by atomic mass is 32.3. The minimum Gasteiger partial charge on any atom is -0.313 e. The third kappa shape index (κ3) is 5.46. The highest BCUT2D eigenvalue weighted by Gasteiger charge is 2.85. The summed E-state index contributed by atoms with van der Waals surface area (Å²) in [6, 6.07) is -0.160. The van der Waals surface area contributed by atoms with Crippen molar-refractivity contribution in [2.75, 3.05) is 12.3 Å². The Morgan fingerprint density at radius 3 is 1.69 bits per heavy atom.